The van der Waals surface area contributed by atoms with Gasteiger partial charge in [0.2, 0.25) is 5.91 Å². The Morgan fingerprint density at radius 1 is 1.03 bits per heavy atom. The third kappa shape index (κ3) is 8.97. The van der Waals surface area contributed by atoms with Gasteiger partial charge in [-0.3, -0.25) is 19.2 Å². The zero-order chi connectivity index (χ0) is 41.5. The Kier molecular flexibility index (Phi) is 12.1. The number of thiazole rings is 1. The molecule has 1 aliphatic heterocycles. The molecule has 1 aromatic carbocycles. The van der Waals surface area contributed by atoms with Gasteiger partial charge in [0, 0.05) is 42.2 Å². The molecule has 7 rings (SSSR count). The van der Waals surface area contributed by atoms with E-state index in [2.05, 4.69) is 27.4 Å². The van der Waals surface area contributed by atoms with Gasteiger partial charge in [-0.2, -0.15) is 0 Å². The highest BCUT2D eigenvalue weighted by Gasteiger charge is 2.61. The Bertz CT molecular complexity index is 2040. The SMILES string of the molecule is C=C[C@@H]1C[C@]1(CC(=O)[C@@H]1C[C@@H](Oc2cc(-c3csc(CC(C)C)n3)nc3cc(OCCC)ccc23)CN1C(=O)[C@@H](CC(=O)OC1C[C@@H]2C[C@@H]2C1)C(C)(C)C)C(=O)OC. The van der Waals surface area contributed by atoms with Crippen LogP contribution in [0.15, 0.2) is 42.3 Å². The highest BCUT2D eigenvalue weighted by atomic mass is 32.1. The standard InChI is InChI=1S/C46H59N3O8S/c1-9-13-55-30-11-12-33-35(18-30)47-36(37-25-58-41(48-37)14-26(3)4)21-40(33)56-32-19-38(39(50)23-46(44(53)54-8)22-29(46)10-2)49(24-32)43(52)34(45(5,6)7)20-42(51)57-31-16-27-15-28(27)17-31/h10-12,18,21,25-29,31-32,34,38H,2,9,13-17,19-20,22-24H2,1,3-8H3/t27-,28+,29-,31?,32-,34-,38+,46-/m1/s1. The molecule has 12 heteroatoms. The first kappa shape index (κ1) is 41.8. The van der Waals surface area contributed by atoms with Crippen LogP contribution >= 0.6 is 11.3 Å². The molecule has 11 nitrogen and oxygen atoms in total. The summed E-state index contributed by atoms with van der Waals surface area (Å²) in [7, 11) is 1.33. The molecule has 0 bridgehead atoms. The lowest BCUT2D eigenvalue weighted by Gasteiger charge is -2.35. The summed E-state index contributed by atoms with van der Waals surface area (Å²) in [6.07, 6.45) is 6.21. The highest BCUT2D eigenvalue weighted by molar-refractivity contribution is 7.09. The largest absolute Gasteiger partial charge is 0.494 e. The van der Waals surface area contributed by atoms with Gasteiger partial charge in [0.25, 0.3) is 0 Å². The lowest BCUT2D eigenvalue weighted by Crippen LogP contribution is -2.48. The van der Waals surface area contributed by atoms with Crippen molar-refractivity contribution in [2.75, 3.05) is 20.3 Å². The molecule has 3 saturated carbocycles. The second-order valence-electron chi connectivity index (χ2n) is 18.5. The molecule has 4 aliphatic rings. The maximum atomic E-state index is 14.9. The van der Waals surface area contributed by atoms with Crippen LogP contribution in [-0.2, 0) is 35.1 Å². The molecule has 3 heterocycles. The number of fused-ring (bicyclic) bond motifs is 2. The number of amides is 1. The second-order valence-corrected chi connectivity index (χ2v) is 19.5. The molecule has 312 valence electrons. The zero-order valence-corrected chi connectivity index (χ0v) is 35.9. The summed E-state index contributed by atoms with van der Waals surface area (Å²) < 4.78 is 23.9. The molecule has 1 unspecified atom stereocenters. The van der Waals surface area contributed by atoms with Gasteiger partial charge in [0.15, 0.2) is 5.78 Å². The Morgan fingerprint density at radius 3 is 2.45 bits per heavy atom. The van der Waals surface area contributed by atoms with Gasteiger partial charge in [-0.25, -0.2) is 9.97 Å². The van der Waals surface area contributed by atoms with Crippen molar-refractivity contribution in [2.24, 2.45) is 40.4 Å². The first-order valence-corrected chi connectivity index (χ1v) is 21.9. The molecule has 4 fully saturated rings. The third-order valence-electron chi connectivity index (χ3n) is 12.5. The van der Waals surface area contributed by atoms with Crippen LogP contribution in [0.25, 0.3) is 22.3 Å². The molecule has 3 aromatic rings. The van der Waals surface area contributed by atoms with Gasteiger partial charge < -0.3 is 23.8 Å². The Morgan fingerprint density at radius 2 is 1.79 bits per heavy atom. The van der Waals surface area contributed by atoms with Crippen molar-refractivity contribution >= 4 is 45.9 Å². The molecule has 0 N–H and O–H groups in total. The molecule has 2 aromatic heterocycles. The number of aromatic nitrogens is 2. The summed E-state index contributed by atoms with van der Waals surface area (Å²) in [6.45, 7) is 16.8. The van der Waals surface area contributed by atoms with Gasteiger partial charge in [-0.15, -0.1) is 17.9 Å². The Hall–Kier alpha value is -4.32. The number of pyridine rings is 1. The number of Topliss-reactive ketones (excluding diaryl/α,β-unsaturated/α-hetero) is 1. The Balaban J connectivity index is 1.20. The minimum absolute atomic E-state index is 0.0881. The highest BCUT2D eigenvalue weighted by Crippen LogP contribution is 2.57. The van der Waals surface area contributed by atoms with Crippen LogP contribution in [0.3, 0.4) is 0 Å². The number of allylic oxidation sites excluding steroid dienone is 1. The zero-order valence-electron chi connectivity index (χ0n) is 35.1. The minimum Gasteiger partial charge on any atom is -0.494 e. The number of esters is 2. The molecular formula is C46H59N3O8S. The number of carbonyl (C=O) groups excluding carboxylic acids is 4. The average Bonchev–Trinajstić information content (AvgIpc) is 3.84. The molecule has 1 amide bonds. The molecule has 58 heavy (non-hydrogen) atoms. The summed E-state index contributed by atoms with van der Waals surface area (Å²) in [5.41, 5.74) is 0.440. The number of benzene rings is 1. The molecule has 3 aliphatic carbocycles. The van der Waals surface area contributed by atoms with E-state index in [-0.39, 0.29) is 55.5 Å². The van der Waals surface area contributed by atoms with E-state index >= 15 is 0 Å². The van der Waals surface area contributed by atoms with Crippen molar-refractivity contribution in [3.8, 4) is 22.9 Å². The normalized spacial score (nSPS) is 26.6. The summed E-state index contributed by atoms with van der Waals surface area (Å²) in [5, 5.41) is 3.79. The van der Waals surface area contributed by atoms with Gasteiger partial charge in [-0.05, 0) is 73.3 Å². The number of ether oxygens (including phenoxy) is 4. The fraction of sp³-hybridized carbons (Fsp3) is 0.609. The van der Waals surface area contributed by atoms with Crippen LogP contribution in [0.1, 0.15) is 97.9 Å². The van der Waals surface area contributed by atoms with E-state index in [1.165, 1.54) is 13.5 Å². The number of hydrogen-bond donors (Lipinski definition) is 0. The maximum Gasteiger partial charge on any atom is 0.312 e. The Labute approximate surface area is 346 Å². The number of nitrogens with zero attached hydrogens (tertiary/aromatic N) is 3. The van der Waals surface area contributed by atoms with Crippen LogP contribution < -0.4 is 9.47 Å². The lowest BCUT2D eigenvalue weighted by atomic mass is 9.77. The van der Waals surface area contributed by atoms with Crippen molar-refractivity contribution < 1.29 is 38.1 Å². The second kappa shape index (κ2) is 16.7. The maximum absolute atomic E-state index is 14.9. The van der Waals surface area contributed by atoms with Gasteiger partial charge in [0.1, 0.15) is 23.7 Å². The lowest BCUT2D eigenvalue weighted by molar-refractivity contribution is -0.157. The van der Waals surface area contributed by atoms with E-state index in [4.69, 9.17) is 28.9 Å². The predicted octanol–water partition coefficient (Wildman–Crippen LogP) is 8.41. The van der Waals surface area contributed by atoms with E-state index < -0.39 is 34.9 Å². The molecule has 1 saturated heterocycles. The summed E-state index contributed by atoms with van der Waals surface area (Å²) in [5.74, 6) is 0.681. The van der Waals surface area contributed by atoms with Gasteiger partial charge in [0.05, 0.1) is 66.0 Å². The van der Waals surface area contributed by atoms with Gasteiger partial charge in [-0.1, -0.05) is 47.6 Å². The number of carbonyl (C=O) groups is 4. The fourth-order valence-electron chi connectivity index (χ4n) is 9.10. The first-order valence-electron chi connectivity index (χ1n) is 21.0. The van der Waals surface area contributed by atoms with Crippen molar-refractivity contribution in [3.63, 3.8) is 0 Å². The van der Waals surface area contributed by atoms with Crippen molar-refractivity contribution in [2.45, 2.75) is 118 Å². The average molecular weight is 814 g/mol. The first-order chi connectivity index (χ1) is 27.6. The topological polar surface area (TPSA) is 134 Å². The van der Waals surface area contributed by atoms with Crippen LogP contribution in [0, 0.1) is 40.4 Å². The van der Waals surface area contributed by atoms with Crippen LogP contribution in [0.2, 0.25) is 0 Å². The van der Waals surface area contributed by atoms with Crippen LogP contribution in [-0.4, -0.2) is 77.0 Å². The summed E-state index contributed by atoms with van der Waals surface area (Å²) in [6, 6.07) is 6.73. The number of rotatable bonds is 17. The third-order valence-corrected chi connectivity index (χ3v) is 13.4. The van der Waals surface area contributed by atoms with E-state index in [9.17, 15) is 19.2 Å². The molecule has 0 spiro atoms. The fourth-order valence-corrected chi connectivity index (χ4v) is 10.1. The number of ketones is 1. The molecular weight excluding hydrogens is 755 g/mol. The van der Waals surface area contributed by atoms with E-state index in [1.54, 1.807) is 22.3 Å². The summed E-state index contributed by atoms with van der Waals surface area (Å²) >= 11 is 1.60. The smallest absolute Gasteiger partial charge is 0.312 e. The van der Waals surface area contributed by atoms with Crippen molar-refractivity contribution in [1.29, 1.82) is 0 Å². The van der Waals surface area contributed by atoms with E-state index in [1.807, 2.05) is 50.4 Å². The van der Waals surface area contributed by atoms with Crippen LogP contribution in [0.4, 0.5) is 0 Å². The monoisotopic (exact) mass is 813 g/mol. The van der Waals surface area contributed by atoms with Crippen LogP contribution in [0.5, 0.6) is 11.5 Å². The predicted molar refractivity (Wildman–Crippen MR) is 222 cm³/mol. The molecule has 8 atom stereocenters. The van der Waals surface area contributed by atoms with E-state index in [0.29, 0.717) is 53.5 Å². The number of likely N-dealkylation sites (tertiary alicyclic amines) is 1. The quantitative estimate of drug-likeness (QED) is 0.0966. The number of methoxy groups -OCH3 is 1. The number of hydrogen-bond acceptors (Lipinski definition) is 11. The van der Waals surface area contributed by atoms with Gasteiger partial charge >= 0.3 is 11.9 Å². The molecule has 0 radical (unpaired) electrons. The summed E-state index contributed by atoms with van der Waals surface area (Å²) in [4.78, 5) is 67.4. The van der Waals surface area contributed by atoms with Crippen molar-refractivity contribution in [3.05, 3.63) is 47.3 Å². The van der Waals surface area contributed by atoms with Crippen molar-refractivity contribution in [1.82, 2.24) is 14.9 Å². The minimum atomic E-state index is -1.01. The van der Waals surface area contributed by atoms with E-state index in [0.717, 1.165) is 41.8 Å².